The zero-order valence-corrected chi connectivity index (χ0v) is 16.3. The lowest BCUT2D eigenvalue weighted by Crippen LogP contribution is -2.25. The zero-order chi connectivity index (χ0) is 18.3. The molecule has 0 aliphatic heterocycles. The fraction of sp³-hybridized carbons (Fsp3) is 0.375. The summed E-state index contributed by atoms with van der Waals surface area (Å²) in [5, 5.41) is 2.58. The predicted octanol–water partition coefficient (Wildman–Crippen LogP) is 6.06. The Kier molecular flexibility index (Phi) is 4.44. The van der Waals surface area contributed by atoms with E-state index in [0.29, 0.717) is 0 Å². The molecule has 0 amide bonds. The molecule has 0 radical (unpaired) electrons. The fourth-order valence-electron chi connectivity index (χ4n) is 4.19. The van der Waals surface area contributed by atoms with Crippen molar-refractivity contribution in [3.63, 3.8) is 0 Å². The van der Waals surface area contributed by atoms with E-state index < -0.39 is 0 Å². The molecule has 3 aromatic rings. The average Bonchev–Trinajstić information content (AvgIpc) is 3.43. The molecule has 0 unspecified atom stereocenters. The Morgan fingerprint density at radius 1 is 1.00 bits per heavy atom. The summed E-state index contributed by atoms with van der Waals surface area (Å²) < 4.78 is 0. The Balaban J connectivity index is 1.90. The Bertz CT molecular complexity index is 931. The topological polar surface area (TPSA) is 16.1 Å². The molecule has 4 rings (SSSR count). The van der Waals surface area contributed by atoms with Gasteiger partial charge in [-0.15, -0.1) is 0 Å². The minimum Gasteiger partial charge on any atom is -0.370 e. The van der Waals surface area contributed by atoms with Crippen LogP contribution in [0.15, 0.2) is 42.6 Å². The van der Waals surface area contributed by atoms with Crippen LogP contribution in [0.2, 0.25) is 0 Å². The van der Waals surface area contributed by atoms with Crippen molar-refractivity contribution in [2.45, 2.75) is 40.5 Å². The summed E-state index contributed by atoms with van der Waals surface area (Å²) in [6.45, 7) is 11.0. The van der Waals surface area contributed by atoms with E-state index in [4.69, 9.17) is 4.98 Å². The number of aromatic nitrogens is 1. The van der Waals surface area contributed by atoms with Gasteiger partial charge in [-0.05, 0) is 57.6 Å². The van der Waals surface area contributed by atoms with Crippen molar-refractivity contribution >= 4 is 16.5 Å². The number of benzene rings is 2. The van der Waals surface area contributed by atoms with Crippen LogP contribution < -0.4 is 4.90 Å². The summed E-state index contributed by atoms with van der Waals surface area (Å²) in [6.07, 6.45) is 4.85. The number of anilines is 1. The van der Waals surface area contributed by atoms with Gasteiger partial charge in [0.2, 0.25) is 0 Å². The van der Waals surface area contributed by atoms with E-state index in [2.05, 4.69) is 75.2 Å². The predicted molar refractivity (Wildman–Crippen MR) is 112 cm³/mol. The van der Waals surface area contributed by atoms with E-state index in [1.165, 1.54) is 51.6 Å². The molecule has 0 bridgehead atoms. The van der Waals surface area contributed by atoms with Gasteiger partial charge in [-0.25, -0.2) is 0 Å². The summed E-state index contributed by atoms with van der Waals surface area (Å²) in [4.78, 5) is 7.49. The molecule has 2 heteroatoms. The molecule has 0 atom stereocenters. The summed E-state index contributed by atoms with van der Waals surface area (Å²) in [5.41, 5.74) is 7.59. The molecule has 0 spiro atoms. The van der Waals surface area contributed by atoms with Gasteiger partial charge < -0.3 is 4.90 Å². The molecular formula is C24H28N2. The highest BCUT2D eigenvalue weighted by Gasteiger charge is 2.25. The standard InChI is InChI=1S/C24H28N2/c1-5-26(15-19-10-11-19)22-14-25-24(21-9-7-6-8-20(21)22)23-17(3)12-16(2)13-18(23)4/h6-9,12-14,19H,5,10-11,15H2,1-4H3. The van der Waals surface area contributed by atoms with Gasteiger partial charge in [0.1, 0.15) is 0 Å². The second kappa shape index (κ2) is 6.75. The molecule has 1 heterocycles. The highest BCUT2D eigenvalue weighted by atomic mass is 15.1. The smallest absolute Gasteiger partial charge is 0.0787 e. The molecule has 1 fully saturated rings. The first-order valence-electron chi connectivity index (χ1n) is 9.79. The molecule has 1 aliphatic rings. The maximum Gasteiger partial charge on any atom is 0.0787 e. The minimum atomic E-state index is 0.870. The summed E-state index contributed by atoms with van der Waals surface area (Å²) in [7, 11) is 0. The minimum absolute atomic E-state index is 0.870. The average molecular weight is 345 g/mol. The number of aryl methyl sites for hydroxylation is 3. The van der Waals surface area contributed by atoms with Crippen LogP contribution in [-0.4, -0.2) is 18.1 Å². The monoisotopic (exact) mass is 344 g/mol. The third-order valence-corrected chi connectivity index (χ3v) is 5.59. The molecule has 0 saturated heterocycles. The fourth-order valence-corrected chi connectivity index (χ4v) is 4.19. The van der Waals surface area contributed by atoms with E-state index in [9.17, 15) is 0 Å². The molecule has 2 nitrogen and oxygen atoms in total. The van der Waals surface area contributed by atoms with E-state index in [1.807, 2.05) is 0 Å². The summed E-state index contributed by atoms with van der Waals surface area (Å²) in [5.74, 6) is 0.870. The van der Waals surface area contributed by atoms with E-state index >= 15 is 0 Å². The Morgan fingerprint density at radius 2 is 1.65 bits per heavy atom. The van der Waals surface area contributed by atoms with Crippen molar-refractivity contribution in [2.75, 3.05) is 18.0 Å². The number of pyridine rings is 1. The van der Waals surface area contributed by atoms with Crippen molar-refractivity contribution in [1.82, 2.24) is 4.98 Å². The van der Waals surface area contributed by atoms with Gasteiger partial charge in [0.15, 0.2) is 0 Å². The molecule has 1 saturated carbocycles. The lowest BCUT2D eigenvalue weighted by Gasteiger charge is -2.25. The number of hydrogen-bond donors (Lipinski definition) is 0. The normalized spacial score (nSPS) is 14.0. The van der Waals surface area contributed by atoms with Crippen LogP contribution in [0.25, 0.3) is 22.0 Å². The Hall–Kier alpha value is -2.35. The van der Waals surface area contributed by atoms with Crippen LogP contribution in [0.3, 0.4) is 0 Å². The van der Waals surface area contributed by atoms with Gasteiger partial charge in [0, 0.05) is 29.4 Å². The maximum atomic E-state index is 4.98. The zero-order valence-electron chi connectivity index (χ0n) is 16.3. The van der Waals surface area contributed by atoms with Gasteiger partial charge >= 0.3 is 0 Å². The van der Waals surface area contributed by atoms with Crippen molar-refractivity contribution in [3.8, 4) is 11.3 Å². The molecule has 1 aromatic heterocycles. The highest BCUT2D eigenvalue weighted by molar-refractivity contribution is 6.02. The van der Waals surface area contributed by atoms with Crippen LogP contribution in [0.1, 0.15) is 36.5 Å². The molecule has 1 aliphatic carbocycles. The Morgan fingerprint density at radius 3 is 2.27 bits per heavy atom. The quantitative estimate of drug-likeness (QED) is 0.559. The first-order chi connectivity index (χ1) is 12.6. The van der Waals surface area contributed by atoms with Gasteiger partial charge in [0.05, 0.1) is 17.6 Å². The lowest BCUT2D eigenvalue weighted by molar-refractivity contribution is 0.743. The number of nitrogens with zero attached hydrogens (tertiary/aromatic N) is 2. The number of rotatable bonds is 5. The van der Waals surface area contributed by atoms with Crippen LogP contribution in [0.4, 0.5) is 5.69 Å². The van der Waals surface area contributed by atoms with Gasteiger partial charge in [-0.3, -0.25) is 4.98 Å². The second-order valence-electron chi connectivity index (χ2n) is 7.79. The first-order valence-corrected chi connectivity index (χ1v) is 9.79. The van der Waals surface area contributed by atoms with Gasteiger partial charge in [-0.2, -0.15) is 0 Å². The molecule has 26 heavy (non-hydrogen) atoms. The maximum absolute atomic E-state index is 4.98. The first kappa shape index (κ1) is 17.1. The van der Waals surface area contributed by atoms with E-state index in [1.54, 1.807) is 0 Å². The Labute approximate surface area is 156 Å². The molecule has 2 aromatic carbocycles. The third kappa shape index (κ3) is 3.09. The summed E-state index contributed by atoms with van der Waals surface area (Å²) in [6, 6.07) is 13.3. The molecule has 134 valence electrons. The van der Waals surface area contributed by atoms with Crippen molar-refractivity contribution < 1.29 is 0 Å². The molecular weight excluding hydrogens is 316 g/mol. The van der Waals surface area contributed by atoms with Crippen molar-refractivity contribution in [2.24, 2.45) is 5.92 Å². The van der Waals surface area contributed by atoms with Crippen LogP contribution >= 0.6 is 0 Å². The SMILES string of the molecule is CCN(CC1CC1)c1cnc(-c2c(C)cc(C)cc2C)c2ccccc12. The van der Waals surface area contributed by atoms with Crippen LogP contribution in [0.5, 0.6) is 0 Å². The van der Waals surface area contributed by atoms with Gasteiger partial charge in [0.25, 0.3) is 0 Å². The lowest BCUT2D eigenvalue weighted by atomic mass is 9.94. The van der Waals surface area contributed by atoms with Crippen molar-refractivity contribution in [3.05, 3.63) is 59.3 Å². The molecule has 0 N–H and O–H groups in total. The van der Waals surface area contributed by atoms with Crippen LogP contribution in [0, 0.1) is 26.7 Å². The van der Waals surface area contributed by atoms with Gasteiger partial charge in [-0.1, -0.05) is 42.0 Å². The third-order valence-electron chi connectivity index (χ3n) is 5.59. The highest BCUT2D eigenvalue weighted by Crippen LogP contribution is 2.38. The summed E-state index contributed by atoms with van der Waals surface area (Å²) >= 11 is 0. The van der Waals surface area contributed by atoms with Crippen LogP contribution in [-0.2, 0) is 0 Å². The van der Waals surface area contributed by atoms with E-state index in [0.717, 1.165) is 24.7 Å². The largest absolute Gasteiger partial charge is 0.370 e. The van der Waals surface area contributed by atoms with Crippen molar-refractivity contribution in [1.29, 1.82) is 0 Å². The number of hydrogen-bond acceptors (Lipinski definition) is 2. The van der Waals surface area contributed by atoms with E-state index in [-0.39, 0.29) is 0 Å². The second-order valence-corrected chi connectivity index (χ2v) is 7.79. The number of fused-ring (bicyclic) bond motifs is 1.